The Balaban J connectivity index is 2.48. The van der Waals surface area contributed by atoms with E-state index < -0.39 is 17.9 Å². The van der Waals surface area contributed by atoms with Crippen LogP contribution in [0.3, 0.4) is 0 Å². The topological polar surface area (TPSA) is 104 Å². The van der Waals surface area contributed by atoms with E-state index in [1.54, 1.807) is 6.92 Å². The lowest BCUT2D eigenvalue weighted by Crippen LogP contribution is -2.46. The highest BCUT2D eigenvalue weighted by Crippen LogP contribution is 2.12. The molecule has 2 unspecified atom stereocenters. The van der Waals surface area contributed by atoms with Gasteiger partial charge in [-0.1, -0.05) is 20.3 Å². The summed E-state index contributed by atoms with van der Waals surface area (Å²) in [4.78, 5) is 46.6. The molecule has 0 aromatic carbocycles. The maximum atomic E-state index is 11.7. The van der Waals surface area contributed by atoms with E-state index in [1.165, 1.54) is 0 Å². The van der Waals surface area contributed by atoms with Crippen LogP contribution in [0.4, 0.5) is 0 Å². The van der Waals surface area contributed by atoms with Crippen LogP contribution in [0.1, 0.15) is 39.5 Å². The van der Waals surface area contributed by atoms with Crippen LogP contribution >= 0.6 is 0 Å². The second kappa shape index (κ2) is 7.02. The third-order valence-electron chi connectivity index (χ3n) is 3.51. The van der Waals surface area contributed by atoms with Crippen LogP contribution in [0.5, 0.6) is 0 Å². The Hall–Kier alpha value is -1.92. The highest BCUT2D eigenvalue weighted by molar-refractivity contribution is 6.02. The molecule has 2 atom stereocenters. The first kappa shape index (κ1) is 16.1. The summed E-state index contributed by atoms with van der Waals surface area (Å²) in [7, 11) is 0. The number of likely N-dealkylation sites (tertiary alicyclic amines) is 1. The van der Waals surface area contributed by atoms with E-state index in [9.17, 15) is 19.2 Å². The molecule has 1 heterocycles. The van der Waals surface area contributed by atoms with Gasteiger partial charge in [-0.2, -0.15) is 0 Å². The van der Waals surface area contributed by atoms with E-state index in [1.807, 2.05) is 6.92 Å². The molecule has 0 radical (unpaired) electrons. The molecule has 112 valence electrons. The molecule has 1 saturated heterocycles. The summed E-state index contributed by atoms with van der Waals surface area (Å²) in [6.45, 7) is 3.59. The zero-order valence-corrected chi connectivity index (χ0v) is 11.7. The number of amides is 3. The maximum absolute atomic E-state index is 11.7. The average molecular weight is 284 g/mol. The van der Waals surface area contributed by atoms with Gasteiger partial charge in [0, 0.05) is 25.8 Å². The van der Waals surface area contributed by atoms with Crippen LogP contribution in [0, 0.1) is 5.92 Å². The highest BCUT2D eigenvalue weighted by atomic mass is 16.4. The van der Waals surface area contributed by atoms with Crippen molar-refractivity contribution >= 4 is 23.7 Å². The number of rotatable bonds is 7. The Bertz CT molecular complexity index is 405. The zero-order valence-electron chi connectivity index (χ0n) is 11.7. The highest BCUT2D eigenvalue weighted by Gasteiger charge is 2.30. The van der Waals surface area contributed by atoms with Crippen molar-refractivity contribution in [1.29, 1.82) is 0 Å². The van der Waals surface area contributed by atoms with Gasteiger partial charge in [0.05, 0.1) is 0 Å². The fourth-order valence-electron chi connectivity index (χ4n) is 2.01. The Kier molecular flexibility index (Phi) is 5.66. The molecule has 1 fully saturated rings. The summed E-state index contributed by atoms with van der Waals surface area (Å²) in [6.07, 6.45) is 0.925. The van der Waals surface area contributed by atoms with Gasteiger partial charge in [-0.3, -0.25) is 19.3 Å². The number of nitrogens with zero attached hydrogens (tertiary/aromatic N) is 1. The van der Waals surface area contributed by atoms with Gasteiger partial charge < -0.3 is 10.4 Å². The standard InChI is InChI=1S/C13H20N2O5/c1-3-8(2)12(13(19)20)14-9(16)6-7-15-10(17)4-5-11(15)18/h8,12H,3-7H2,1-2H3,(H,14,16)(H,19,20). The van der Waals surface area contributed by atoms with E-state index >= 15 is 0 Å². The Labute approximate surface area is 117 Å². The number of aliphatic carboxylic acids is 1. The number of carboxylic acid groups (broad SMARTS) is 1. The van der Waals surface area contributed by atoms with Crippen molar-refractivity contribution in [1.82, 2.24) is 10.2 Å². The van der Waals surface area contributed by atoms with Crippen LogP contribution in [0.2, 0.25) is 0 Å². The summed E-state index contributed by atoms with van der Waals surface area (Å²) in [5, 5.41) is 11.5. The second-order valence-electron chi connectivity index (χ2n) is 4.96. The summed E-state index contributed by atoms with van der Waals surface area (Å²) < 4.78 is 0. The molecular formula is C13H20N2O5. The number of imide groups is 1. The van der Waals surface area contributed by atoms with Gasteiger partial charge in [-0.25, -0.2) is 4.79 Å². The molecule has 0 aromatic heterocycles. The molecular weight excluding hydrogens is 264 g/mol. The Morgan fingerprint density at radius 2 is 1.85 bits per heavy atom. The normalized spacial score (nSPS) is 18.0. The lowest BCUT2D eigenvalue weighted by atomic mass is 9.99. The number of carbonyl (C=O) groups is 4. The molecule has 1 aliphatic rings. The SMILES string of the molecule is CCC(C)C(NC(=O)CCN1C(=O)CCC1=O)C(=O)O. The lowest BCUT2D eigenvalue weighted by molar-refractivity contribution is -0.144. The fraction of sp³-hybridized carbons (Fsp3) is 0.692. The second-order valence-corrected chi connectivity index (χ2v) is 4.96. The van der Waals surface area contributed by atoms with Gasteiger partial charge in [-0.05, 0) is 5.92 Å². The lowest BCUT2D eigenvalue weighted by Gasteiger charge is -2.21. The van der Waals surface area contributed by atoms with Crippen molar-refractivity contribution in [3.05, 3.63) is 0 Å². The van der Waals surface area contributed by atoms with Crippen molar-refractivity contribution < 1.29 is 24.3 Å². The first-order chi connectivity index (χ1) is 9.36. The molecule has 20 heavy (non-hydrogen) atoms. The van der Waals surface area contributed by atoms with Gasteiger partial charge in [0.2, 0.25) is 17.7 Å². The van der Waals surface area contributed by atoms with Crippen LogP contribution in [0.25, 0.3) is 0 Å². The van der Waals surface area contributed by atoms with E-state index in [-0.39, 0.29) is 43.5 Å². The van der Waals surface area contributed by atoms with E-state index in [2.05, 4.69) is 5.32 Å². The number of hydrogen-bond donors (Lipinski definition) is 2. The molecule has 0 spiro atoms. The van der Waals surface area contributed by atoms with Crippen LogP contribution in [-0.4, -0.2) is 46.3 Å². The third-order valence-corrected chi connectivity index (χ3v) is 3.51. The Morgan fingerprint density at radius 3 is 2.30 bits per heavy atom. The van der Waals surface area contributed by atoms with Crippen molar-refractivity contribution in [3.63, 3.8) is 0 Å². The first-order valence-electron chi connectivity index (χ1n) is 6.72. The summed E-state index contributed by atoms with van der Waals surface area (Å²) in [5.74, 6) is -2.29. The van der Waals surface area contributed by atoms with Crippen molar-refractivity contribution in [2.75, 3.05) is 6.54 Å². The molecule has 1 rings (SSSR count). The largest absolute Gasteiger partial charge is 0.480 e. The minimum absolute atomic E-state index is 0.0103. The van der Waals surface area contributed by atoms with Crippen molar-refractivity contribution in [3.8, 4) is 0 Å². The molecule has 0 saturated carbocycles. The molecule has 0 aromatic rings. The van der Waals surface area contributed by atoms with E-state index in [0.29, 0.717) is 6.42 Å². The molecule has 0 bridgehead atoms. The average Bonchev–Trinajstić information content (AvgIpc) is 2.72. The molecule has 7 heteroatoms. The maximum Gasteiger partial charge on any atom is 0.326 e. The van der Waals surface area contributed by atoms with Gasteiger partial charge in [0.25, 0.3) is 0 Å². The third kappa shape index (κ3) is 4.04. The zero-order chi connectivity index (χ0) is 15.3. The first-order valence-corrected chi connectivity index (χ1v) is 6.72. The summed E-state index contributed by atoms with van der Waals surface area (Å²) in [5.41, 5.74) is 0. The summed E-state index contributed by atoms with van der Waals surface area (Å²) >= 11 is 0. The minimum Gasteiger partial charge on any atom is -0.480 e. The number of hydrogen-bond acceptors (Lipinski definition) is 4. The van der Waals surface area contributed by atoms with Gasteiger partial charge in [-0.15, -0.1) is 0 Å². The number of carbonyl (C=O) groups excluding carboxylic acids is 3. The predicted molar refractivity (Wildman–Crippen MR) is 69.6 cm³/mol. The summed E-state index contributed by atoms with van der Waals surface area (Å²) in [6, 6.07) is -0.947. The smallest absolute Gasteiger partial charge is 0.326 e. The fourth-order valence-corrected chi connectivity index (χ4v) is 2.01. The number of carboxylic acids is 1. The van der Waals surface area contributed by atoms with Crippen LogP contribution in [-0.2, 0) is 19.2 Å². The van der Waals surface area contributed by atoms with Gasteiger partial charge in [0.1, 0.15) is 6.04 Å². The quantitative estimate of drug-likeness (QED) is 0.647. The van der Waals surface area contributed by atoms with E-state index in [4.69, 9.17) is 5.11 Å². The molecule has 7 nitrogen and oxygen atoms in total. The predicted octanol–water partition coefficient (Wildman–Crippen LogP) is 0.141. The monoisotopic (exact) mass is 284 g/mol. The minimum atomic E-state index is -1.08. The molecule has 2 N–H and O–H groups in total. The van der Waals surface area contributed by atoms with Crippen LogP contribution in [0.15, 0.2) is 0 Å². The van der Waals surface area contributed by atoms with Crippen molar-refractivity contribution in [2.24, 2.45) is 5.92 Å². The molecule has 0 aliphatic carbocycles. The molecule has 1 aliphatic heterocycles. The molecule has 3 amide bonds. The van der Waals surface area contributed by atoms with Crippen LogP contribution < -0.4 is 5.32 Å². The van der Waals surface area contributed by atoms with Gasteiger partial charge in [0.15, 0.2) is 0 Å². The van der Waals surface area contributed by atoms with Crippen molar-refractivity contribution in [2.45, 2.75) is 45.6 Å². The van der Waals surface area contributed by atoms with Gasteiger partial charge >= 0.3 is 5.97 Å². The number of nitrogens with one attached hydrogen (secondary N) is 1. The van der Waals surface area contributed by atoms with E-state index in [0.717, 1.165) is 4.90 Å². The Morgan fingerprint density at radius 1 is 1.30 bits per heavy atom.